The van der Waals surface area contributed by atoms with Crippen molar-refractivity contribution in [3.05, 3.63) is 0 Å². The van der Waals surface area contributed by atoms with Crippen LogP contribution in [-0.2, 0) is 9.59 Å². The van der Waals surface area contributed by atoms with Gasteiger partial charge < -0.3 is 0 Å². The number of hydrogen-bond donors (Lipinski definition) is 0. The molecule has 0 heterocycles. The van der Waals surface area contributed by atoms with Gasteiger partial charge in [-0.3, -0.25) is 9.59 Å². The van der Waals surface area contributed by atoms with Gasteiger partial charge >= 0.3 is 0 Å². The molecule has 4 rings (SSSR count). The van der Waals surface area contributed by atoms with Gasteiger partial charge in [0.15, 0.2) is 0 Å². The minimum atomic E-state index is 0.0571. The Morgan fingerprint density at radius 1 is 1.00 bits per heavy atom. The maximum Gasteiger partial charge on any atom is 0.140 e. The lowest BCUT2D eigenvalue weighted by atomic mass is 9.56. The topological polar surface area (TPSA) is 34.1 Å². The van der Waals surface area contributed by atoms with Gasteiger partial charge in [0, 0.05) is 24.7 Å². The molecule has 0 aromatic rings. The van der Waals surface area contributed by atoms with E-state index in [1.807, 2.05) is 0 Å². The lowest BCUT2D eigenvalue weighted by Gasteiger charge is -2.47. The molecule has 2 heteroatoms. The number of ketones is 2. The van der Waals surface area contributed by atoms with Crippen LogP contribution in [-0.4, -0.2) is 11.6 Å². The third-order valence-electron chi connectivity index (χ3n) is 7.74. The van der Waals surface area contributed by atoms with Crippen molar-refractivity contribution in [3.63, 3.8) is 0 Å². The summed E-state index contributed by atoms with van der Waals surface area (Å²) in [5, 5.41) is 0. The molecule has 0 unspecified atom stereocenters. The summed E-state index contributed by atoms with van der Waals surface area (Å²) in [6.45, 7) is 4.74. The highest BCUT2D eigenvalue weighted by Crippen LogP contribution is 2.66. The van der Waals surface area contributed by atoms with Crippen LogP contribution >= 0.6 is 0 Å². The second kappa shape index (κ2) is 3.96. The molecule has 4 aliphatic carbocycles. The maximum atomic E-state index is 13.1. The van der Waals surface area contributed by atoms with Gasteiger partial charge in [-0.25, -0.2) is 0 Å². The van der Waals surface area contributed by atoms with Crippen LogP contribution in [0.25, 0.3) is 0 Å². The monoisotopic (exact) mass is 274 g/mol. The number of carbonyl (C=O) groups is 2. The van der Waals surface area contributed by atoms with E-state index in [1.54, 1.807) is 0 Å². The summed E-state index contributed by atoms with van der Waals surface area (Å²) < 4.78 is 0. The van der Waals surface area contributed by atoms with Crippen LogP contribution in [0, 0.1) is 34.5 Å². The zero-order valence-electron chi connectivity index (χ0n) is 12.8. The van der Waals surface area contributed by atoms with Crippen molar-refractivity contribution in [2.75, 3.05) is 0 Å². The summed E-state index contributed by atoms with van der Waals surface area (Å²) in [6, 6.07) is 0. The van der Waals surface area contributed by atoms with Crippen LogP contribution in [0.3, 0.4) is 0 Å². The molecule has 4 aliphatic rings. The molecular formula is C18H26O2. The van der Waals surface area contributed by atoms with Crippen LogP contribution in [0.4, 0.5) is 0 Å². The molecule has 4 saturated carbocycles. The SMILES string of the molecule is C[C@@]12CCC[C@H]1[C@@H]1C(=O)[C@H]3CC(=O)CC[C@]3(C)[C@H]1CC2. The highest BCUT2D eigenvalue weighted by molar-refractivity contribution is 5.93. The van der Waals surface area contributed by atoms with Gasteiger partial charge in [0.25, 0.3) is 0 Å². The molecule has 0 aromatic heterocycles. The molecule has 0 spiro atoms. The lowest BCUT2D eigenvalue weighted by molar-refractivity contribution is -0.133. The first-order valence-electron chi connectivity index (χ1n) is 8.51. The summed E-state index contributed by atoms with van der Waals surface area (Å²) in [7, 11) is 0. The molecule has 0 N–H and O–H groups in total. The first-order valence-corrected chi connectivity index (χ1v) is 8.51. The van der Waals surface area contributed by atoms with Crippen molar-refractivity contribution in [1.29, 1.82) is 0 Å². The highest BCUT2D eigenvalue weighted by Gasteiger charge is 2.64. The number of fused-ring (bicyclic) bond motifs is 5. The number of rotatable bonds is 0. The third kappa shape index (κ3) is 1.46. The summed E-state index contributed by atoms with van der Waals surface area (Å²) >= 11 is 0. The van der Waals surface area contributed by atoms with Crippen molar-refractivity contribution in [1.82, 2.24) is 0 Å². The Bertz CT molecular complexity index is 482. The van der Waals surface area contributed by atoms with Crippen LogP contribution in [0.2, 0.25) is 0 Å². The Balaban J connectivity index is 1.74. The van der Waals surface area contributed by atoms with E-state index in [1.165, 1.54) is 32.1 Å². The summed E-state index contributed by atoms with van der Waals surface area (Å²) in [5.74, 6) is 2.34. The predicted molar refractivity (Wildman–Crippen MR) is 77.1 cm³/mol. The van der Waals surface area contributed by atoms with Crippen molar-refractivity contribution < 1.29 is 9.59 Å². The molecule has 0 aliphatic heterocycles. The second-order valence-electron chi connectivity index (χ2n) is 8.53. The van der Waals surface area contributed by atoms with E-state index >= 15 is 0 Å². The zero-order chi connectivity index (χ0) is 14.1. The Labute approximate surface area is 121 Å². The van der Waals surface area contributed by atoms with Crippen LogP contribution in [0.5, 0.6) is 0 Å². The maximum absolute atomic E-state index is 13.1. The van der Waals surface area contributed by atoms with Crippen LogP contribution in [0.15, 0.2) is 0 Å². The average molecular weight is 274 g/mol. The van der Waals surface area contributed by atoms with Gasteiger partial charge in [0.2, 0.25) is 0 Å². The third-order valence-corrected chi connectivity index (χ3v) is 7.74. The normalized spacial score (nSPS) is 54.5. The molecule has 0 amide bonds. The summed E-state index contributed by atoms with van der Waals surface area (Å²) in [4.78, 5) is 24.9. The summed E-state index contributed by atoms with van der Waals surface area (Å²) in [5.41, 5.74) is 0.560. The van der Waals surface area contributed by atoms with Crippen molar-refractivity contribution in [2.45, 2.75) is 65.2 Å². The van der Waals surface area contributed by atoms with Gasteiger partial charge in [0.1, 0.15) is 11.6 Å². The van der Waals surface area contributed by atoms with E-state index in [4.69, 9.17) is 0 Å². The zero-order valence-corrected chi connectivity index (χ0v) is 12.8. The predicted octanol–water partition coefficient (Wildman–Crippen LogP) is 3.78. The van der Waals surface area contributed by atoms with E-state index in [-0.39, 0.29) is 17.3 Å². The Kier molecular flexibility index (Phi) is 2.58. The minimum Gasteiger partial charge on any atom is -0.300 e. The molecule has 0 bridgehead atoms. The van der Waals surface area contributed by atoms with E-state index in [2.05, 4.69) is 13.8 Å². The van der Waals surface area contributed by atoms with Gasteiger partial charge in [-0.15, -0.1) is 0 Å². The fourth-order valence-corrected chi connectivity index (χ4v) is 6.51. The van der Waals surface area contributed by atoms with E-state index in [9.17, 15) is 9.59 Å². The number of Topliss-reactive ketones (excluding diaryl/α,β-unsaturated/α-hetero) is 2. The molecule has 0 radical (unpaired) electrons. The van der Waals surface area contributed by atoms with E-state index in [0.717, 1.165) is 6.42 Å². The fourth-order valence-electron chi connectivity index (χ4n) is 6.51. The number of carbonyl (C=O) groups excluding carboxylic acids is 2. The Hall–Kier alpha value is -0.660. The quantitative estimate of drug-likeness (QED) is 0.673. The van der Waals surface area contributed by atoms with E-state index in [0.29, 0.717) is 41.7 Å². The smallest absolute Gasteiger partial charge is 0.140 e. The molecular weight excluding hydrogens is 248 g/mol. The van der Waals surface area contributed by atoms with Gasteiger partial charge in [-0.2, -0.15) is 0 Å². The molecule has 4 fully saturated rings. The second-order valence-corrected chi connectivity index (χ2v) is 8.53. The fraction of sp³-hybridized carbons (Fsp3) is 0.889. The number of hydrogen-bond acceptors (Lipinski definition) is 2. The first kappa shape index (κ1) is 13.0. The average Bonchev–Trinajstić information content (AvgIpc) is 2.89. The van der Waals surface area contributed by atoms with Crippen molar-refractivity contribution >= 4 is 11.6 Å². The molecule has 110 valence electrons. The molecule has 6 atom stereocenters. The molecule has 0 saturated heterocycles. The van der Waals surface area contributed by atoms with Crippen molar-refractivity contribution in [3.8, 4) is 0 Å². The lowest BCUT2D eigenvalue weighted by Crippen LogP contribution is -2.42. The molecule has 0 aromatic carbocycles. The van der Waals surface area contributed by atoms with Crippen LogP contribution < -0.4 is 0 Å². The first-order chi connectivity index (χ1) is 9.46. The molecule has 2 nitrogen and oxygen atoms in total. The van der Waals surface area contributed by atoms with Gasteiger partial charge in [-0.05, 0) is 54.8 Å². The molecule has 20 heavy (non-hydrogen) atoms. The highest BCUT2D eigenvalue weighted by atomic mass is 16.1. The minimum absolute atomic E-state index is 0.0571. The van der Waals surface area contributed by atoms with Gasteiger partial charge in [-0.1, -0.05) is 20.3 Å². The Morgan fingerprint density at radius 3 is 2.60 bits per heavy atom. The van der Waals surface area contributed by atoms with Crippen molar-refractivity contribution in [2.24, 2.45) is 34.5 Å². The standard InChI is InChI=1S/C18H26O2/c1-17-7-3-4-12(17)15-13(6-8-17)18(2)9-5-11(19)10-14(18)16(15)20/h12-15H,3-10H2,1-2H3/t12-,13-,14+,15-,17-,18+/m0/s1. The largest absolute Gasteiger partial charge is 0.300 e. The van der Waals surface area contributed by atoms with E-state index < -0.39 is 0 Å². The van der Waals surface area contributed by atoms with Crippen LogP contribution in [0.1, 0.15) is 65.2 Å². The Morgan fingerprint density at radius 2 is 1.80 bits per heavy atom. The van der Waals surface area contributed by atoms with Gasteiger partial charge in [0.05, 0.1) is 0 Å². The summed E-state index contributed by atoms with van der Waals surface area (Å²) in [6.07, 6.45) is 8.63.